The van der Waals surface area contributed by atoms with Gasteiger partial charge in [-0.05, 0) is 24.1 Å². The van der Waals surface area contributed by atoms with E-state index in [9.17, 15) is 14.7 Å². The molecule has 0 spiro atoms. The Morgan fingerprint density at radius 1 is 1.32 bits per heavy atom. The van der Waals surface area contributed by atoms with E-state index < -0.39 is 17.9 Å². The lowest BCUT2D eigenvalue weighted by Gasteiger charge is -2.30. The molecular formula is C17H18NO5S2-. The van der Waals surface area contributed by atoms with Crippen LogP contribution in [0.25, 0.3) is 6.08 Å². The molecule has 0 saturated carbocycles. The van der Waals surface area contributed by atoms with Crippen LogP contribution in [0.4, 0.5) is 0 Å². The molecule has 0 unspecified atom stereocenters. The number of methoxy groups -OCH3 is 2. The van der Waals surface area contributed by atoms with Crippen LogP contribution >= 0.6 is 24.0 Å². The van der Waals surface area contributed by atoms with Gasteiger partial charge < -0.3 is 19.4 Å². The number of aliphatic carboxylic acids is 1. The second kappa shape index (κ2) is 7.88. The second-order valence-corrected chi connectivity index (χ2v) is 7.34. The van der Waals surface area contributed by atoms with E-state index in [2.05, 4.69) is 0 Å². The van der Waals surface area contributed by atoms with Crippen LogP contribution in [0.1, 0.15) is 19.4 Å². The van der Waals surface area contributed by atoms with Crippen molar-refractivity contribution in [1.82, 2.24) is 4.90 Å². The van der Waals surface area contributed by atoms with Gasteiger partial charge in [0.25, 0.3) is 5.91 Å². The summed E-state index contributed by atoms with van der Waals surface area (Å²) in [7, 11) is 3.06. The summed E-state index contributed by atoms with van der Waals surface area (Å²) in [6, 6.07) is 4.09. The van der Waals surface area contributed by atoms with Crippen LogP contribution in [0, 0.1) is 5.92 Å². The Morgan fingerprint density at radius 3 is 2.52 bits per heavy atom. The van der Waals surface area contributed by atoms with Gasteiger partial charge in [-0.1, -0.05) is 37.8 Å². The molecule has 1 atom stereocenters. The van der Waals surface area contributed by atoms with Crippen LogP contribution in [0.3, 0.4) is 0 Å². The highest BCUT2D eigenvalue weighted by atomic mass is 32.2. The minimum atomic E-state index is -1.32. The molecule has 1 aliphatic heterocycles. The van der Waals surface area contributed by atoms with E-state index in [-0.39, 0.29) is 10.2 Å². The van der Waals surface area contributed by atoms with E-state index in [1.54, 1.807) is 45.2 Å². The highest BCUT2D eigenvalue weighted by Gasteiger charge is 2.39. The van der Waals surface area contributed by atoms with Gasteiger partial charge in [0, 0.05) is 11.6 Å². The molecule has 2 rings (SSSR count). The molecule has 8 heteroatoms. The number of nitrogens with zero attached hydrogens (tertiary/aromatic N) is 1. The number of carbonyl (C=O) groups excluding carboxylic acids is 2. The van der Waals surface area contributed by atoms with Crippen molar-refractivity contribution in [1.29, 1.82) is 0 Å². The smallest absolute Gasteiger partial charge is 0.266 e. The van der Waals surface area contributed by atoms with Gasteiger partial charge in [0.05, 0.1) is 31.1 Å². The van der Waals surface area contributed by atoms with Crippen molar-refractivity contribution < 1.29 is 24.2 Å². The molecule has 0 aliphatic carbocycles. The van der Waals surface area contributed by atoms with Gasteiger partial charge in [-0.25, -0.2) is 0 Å². The number of rotatable bonds is 6. The van der Waals surface area contributed by atoms with Gasteiger partial charge in [-0.2, -0.15) is 0 Å². The third kappa shape index (κ3) is 3.96. The Hall–Kier alpha value is -2.06. The lowest BCUT2D eigenvalue weighted by atomic mass is 10.0. The van der Waals surface area contributed by atoms with Crippen molar-refractivity contribution in [3.63, 3.8) is 0 Å². The predicted molar refractivity (Wildman–Crippen MR) is 98.2 cm³/mol. The first-order valence-corrected chi connectivity index (χ1v) is 8.72. The number of ether oxygens (including phenoxy) is 2. The van der Waals surface area contributed by atoms with Crippen molar-refractivity contribution in [2.24, 2.45) is 5.92 Å². The standard InChI is InChI=1S/C17H19NO5S2/c1-9(2)14(16(20)21)18-15(19)13(25-17(18)24)7-10-5-6-11(22-3)8-12(10)23-4/h5-9,14H,1-4H3,(H,20,21)/p-1/b13-7-/t14-/m1/s1. The number of benzene rings is 1. The molecule has 25 heavy (non-hydrogen) atoms. The van der Waals surface area contributed by atoms with Crippen LogP contribution in [-0.4, -0.2) is 41.4 Å². The van der Waals surface area contributed by atoms with E-state index >= 15 is 0 Å². The van der Waals surface area contributed by atoms with Crippen molar-refractivity contribution in [3.8, 4) is 11.5 Å². The fourth-order valence-electron chi connectivity index (χ4n) is 2.47. The topological polar surface area (TPSA) is 78.9 Å². The summed E-state index contributed by atoms with van der Waals surface area (Å²) >= 11 is 6.27. The van der Waals surface area contributed by atoms with Gasteiger partial charge in [0.15, 0.2) is 0 Å². The maximum Gasteiger partial charge on any atom is 0.266 e. The van der Waals surface area contributed by atoms with Crippen molar-refractivity contribution in [2.75, 3.05) is 14.2 Å². The summed E-state index contributed by atoms with van der Waals surface area (Å²) in [5.74, 6) is -0.948. The van der Waals surface area contributed by atoms with Crippen molar-refractivity contribution in [3.05, 3.63) is 28.7 Å². The quantitative estimate of drug-likeness (QED) is 0.549. The number of hydrogen-bond donors (Lipinski definition) is 0. The summed E-state index contributed by atoms with van der Waals surface area (Å²) in [4.78, 5) is 25.6. The van der Waals surface area contributed by atoms with E-state index in [1.807, 2.05) is 0 Å². The molecule has 0 aromatic heterocycles. The zero-order valence-corrected chi connectivity index (χ0v) is 15.9. The fraction of sp³-hybridized carbons (Fsp3) is 0.353. The maximum atomic E-state index is 12.7. The summed E-state index contributed by atoms with van der Waals surface area (Å²) < 4.78 is 10.7. The monoisotopic (exact) mass is 380 g/mol. The average Bonchev–Trinajstić information content (AvgIpc) is 2.82. The lowest BCUT2D eigenvalue weighted by molar-refractivity contribution is -0.311. The Bertz CT molecular complexity index is 745. The Labute approximate surface area is 155 Å². The minimum Gasteiger partial charge on any atom is -0.548 e. The zero-order chi connectivity index (χ0) is 18.7. The number of amides is 1. The molecule has 0 N–H and O–H groups in total. The van der Waals surface area contributed by atoms with Crippen LogP contribution in [0.15, 0.2) is 23.1 Å². The molecule has 6 nitrogen and oxygen atoms in total. The van der Waals surface area contributed by atoms with E-state index in [0.717, 1.165) is 16.7 Å². The molecule has 1 heterocycles. The molecule has 1 aliphatic rings. The number of thioether (sulfide) groups is 1. The fourth-order valence-corrected chi connectivity index (χ4v) is 3.79. The van der Waals surface area contributed by atoms with Crippen LogP contribution < -0.4 is 14.6 Å². The van der Waals surface area contributed by atoms with Crippen molar-refractivity contribution in [2.45, 2.75) is 19.9 Å². The van der Waals surface area contributed by atoms with E-state index in [4.69, 9.17) is 21.7 Å². The van der Waals surface area contributed by atoms with E-state index in [0.29, 0.717) is 22.0 Å². The Kier molecular flexibility index (Phi) is 6.07. The minimum absolute atomic E-state index is 0.201. The van der Waals surface area contributed by atoms with Gasteiger partial charge in [-0.15, -0.1) is 0 Å². The first kappa shape index (κ1) is 19.3. The molecule has 1 fully saturated rings. The number of carboxylic acids is 1. The molecular weight excluding hydrogens is 362 g/mol. The van der Waals surface area contributed by atoms with Crippen LogP contribution in [0.2, 0.25) is 0 Å². The van der Waals surface area contributed by atoms with Crippen LogP contribution in [-0.2, 0) is 9.59 Å². The van der Waals surface area contributed by atoms with Gasteiger partial charge in [0.2, 0.25) is 0 Å². The van der Waals surface area contributed by atoms with Crippen molar-refractivity contribution >= 4 is 46.3 Å². The summed E-state index contributed by atoms with van der Waals surface area (Å²) in [6.07, 6.45) is 1.63. The average molecular weight is 380 g/mol. The molecule has 0 radical (unpaired) electrons. The lowest BCUT2D eigenvalue weighted by Crippen LogP contribution is -2.52. The predicted octanol–water partition coefficient (Wildman–Crippen LogP) is 1.68. The largest absolute Gasteiger partial charge is 0.548 e. The van der Waals surface area contributed by atoms with E-state index in [1.165, 1.54) is 7.11 Å². The first-order chi connectivity index (χ1) is 11.8. The highest BCUT2D eigenvalue weighted by molar-refractivity contribution is 8.26. The maximum absolute atomic E-state index is 12.7. The van der Waals surface area contributed by atoms with Gasteiger partial charge in [0.1, 0.15) is 15.8 Å². The molecule has 1 aromatic carbocycles. The Morgan fingerprint density at radius 2 is 2.00 bits per heavy atom. The third-order valence-electron chi connectivity index (χ3n) is 3.70. The molecule has 1 saturated heterocycles. The number of carbonyl (C=O) groups is 2. The summed E-state index contributed by atoms with van der Waals surface area (Å²) in [5.41, 5.74) is 0.665. The summed E-state index contributed by atoms with van der Waals surface area (Å²) in [6.45, 7) is 3.41. The molecule has 1 amide bonds. The number of carboxylic acid groups (broad SMARTS) is 1. The van der Waals surface area contributed by atoms with Crippen LogP contribution in [0.5, 0.6) is 11.5 Å². The van der Waals surface area contributed by atoms with Gasteiger partial charge >= 0.3 is 0 Å². The highest BCUT2D eigenvalue weighted by Crippen LogP contribution is 2.37. The Balaban J connectivity index is 2.39. The van der Waals surface area contributed by atoms with Gasteiger partial charge in [-0.3, -0.25) is 9.69 Å². The number of hydrogen-bond acceptors (Lipinski definition) is 7. The number of thiocarbonyl (C=S) groups is 1. The molecule has 1 aromatic rings. The SMILES string of the molecule is COc1ccc(/C=C2\SC(=S)N([C@@H](C(=O)[O-])C(C)C)C2=O)c(OC)c1. The third-order valence-corrected chi connectivity index (χ3v) is 5.03. The molecule has 134 valence electrons. The normalized spacial score (nSPS) is 17.3. The first-order valence-electron chi connectivity index (χ1n) is 7.50. The molecule has 0 bridgehead atoms. The zero-order valence-electron chi connectivity index (χ0n) is 14.3. The second-order valence-electron chi connectivity index (χ2n) is 5.67. The summed E-state index contributed by atoms with van der Waals surface area (Å²) in [5, 5.41) is 11.4.